The number of carbonyl (C=O) groups is 1. The Hall–Kier alpha value is -1.94. The first-order valence-corrected chi connectivity index (χ1v) is 10.0. The normalized spacial score (nSPS) is 25.3. The van der Waals surface area contributed by atoms with Crippen molar-refractivity contribution < 1.29 is 9.90 Å². The molecule has 2 fully saturated rings. The Morgan fingerprint density at radius 2 is 1.85 bits per heavy atom. The molecule has 1 aromatic heterocycles. The number of amides is 1. The molecule has 26 heavy (non-hydrogen) atoms. The lowest BCUT2D eigenvalue weighted by molar-refractivity contribution is -0.127. The molecule has 4 rings (SSSR count). The van der Waals surface area contributed by atoms with Crippen molar-refractivity contribution >= 4 is 16.8 Å². The van der Waals surface area contributed by atoms with Crippen molar-refractivity contribution in [1.29, 1.82) is 0 Å². The second kappa shape index (κ2) is 7.75. The van der Waals surface area contributed by atoms with Gasteiger partial charge in [-0.05, 0) is 49.3 Å². The van der Waals surface area contributed by atoms with E-state index in [1.807, 2.05) is 24.4 Å². The first-order chi connectivity index (χ1) is 12.7. The van der Waals surface area contributed by atoms with Crippen molar-refractivity contribution in [1.82, 2.24) is 10.3 Å². The maximum atomic E-state index is 12.9. The lowest BCUT2D eigenvalue weighted by atomic mass is 9.75. The van der Waals surface area contributed by atoms with Crippen LogP contribution in [0.15, 0.2) is 36.5 Å². The Morgan fingerprint density at radius 1 is 1.12 bits per heavy atom. The summed E-state index contributed by atoms with van der Waals surface area (Å²) in [5, 5.41) is 14.2. The van der Waals surface area contributed by atoms with Crippen molar-refractivity contribution in [2.45, 2.75) is 63.5 Å². The van der Waals surface area contributed by atoms with Crippen LogP contribution in [0.4, 0.5) is 0 Å². The predicted molar refractivity (Wildman–Crippen MR) is 103 cm³/mol. The first-order valence-electron chi connectivity index (χ1n) is 10.0. The number of aromatic nitrogens is 1. The summed E-state index contributed by atoms with van der Waals surface area (Å²) in [6.45, 7) is 0. The van der Waals surface area contributed by atoms with Gasteiger partial charge in [-0.2, -0.15) is 0 Å². The third-order valence-corrected chi connectivity index (χ3v) is 6.12. The summed E-state index contributed by atoms with van der Waals surface area (Å²) >= 11 is 0. The van der Waals surface area contributed by atoms with E-state index in [0.717, 1.165) is 55.0 Å². The van der Waals surface area contributed by atoms with Crippen LogP contribution in [-0.2, 0) is 4.79 Å². The van der Waals surface area contributed by atoms with Gasteiger partial charge < -0.3 is 10.4 Å². The van der Waals surface area contributed by atoms with Crippen molar-refractivity contribution in [3.05, 3.63) is 42.1 Å². The van der Waals surface area contributed by atoms with Crippen molar-refractivity contribution in [2.24, 2.45) is 11.8 Å². The SMILES string of the molecule is O=C(N[C@@H](c1cnc2ccccc2c1)C1CC(O)C1)C1CCCCCC1. The standard InChI is InChI=1S/C22H28N2O2/c25-19-12-17(13-19)21(24-22(26)15-7-3-1-2-4-8-15)18-11-16-9-5-6-10-20(16)23-14-18/h5-6,9-11,14-15,17,19,21,25H,1-4,7-8,12-13H2,(H,24,26)/t17?,19?,21-/m1/s1. The number of carbonyl (C=O) groups excluding carboxylic acids is 1. The molecule has 1 heterocycles. The molecule has 2 saturated carbocycles. The molecule has 4 heteroatoms. The number of aliphatic hydroxyl groups excluding tert-OH is 1. The number of nitrogens with one attached hydrogen (secondary N) is 1. The van der Waals surface area contributed by atoms with Crippen LogP contribution in [0.5, 0.6) is 0 Å². The van der Waals surface area contributed by atoms with E-state index in [2.05, 4.69) is 22.4 Å². The van der Waals surface area contributed by atoms with Gasteiger partial charge in [-0.25, -0.2) is 0 Å². The van der Waals surface area contributed by atoms with Gasteiger partial charge in [0.2, 0.25) is 5.91 Å². The van der Waals surface area contributed by atoms with Crippen LogP contribution < -0.4 is 5.32 Å². The highest BCUT2D eigenvalue weighted by Crippen LogP contribution is 2.39. The number of fused-ring (bicyclic) bond motifs is 1. The number of benzene rings is 1. The number of hydrogen-bond donors (Lipinski definition) is 2. The van der Waals surface area contributed by atoms with Crippen LogP contribution in [-0.4, -0.2) is 22.1 Å². The van der Waals surface area contributed by atoms with E-state index in [1.165, 1.54) is 12.8 Å². The van der Waals surface area contributed by atoms with Crippen molar-refractivity contribution in [3.8, 4) is 0 Å². The number of aliphatic hydroxyl groups is 1. The Kier molecular flexibility index (Phi) is 5.21. The Bertz CT molecular complexity index is 762. The van der Waals surface area contributed by atoms with Crippen LogP contribution in [0.2, 0.25) is 0 Å². The molecule has 2 N–H and O–H groups in total. The van der Waals surface area contributed by atoms with Gasteiger partial charge in [0.05, 0.1) is 17.7 Å². The van der Waals surface area contributed by atoms with Gasteiger partial charge >= 0.3 is 0 Å². The van der Waals surface area contributed by atoms with Gasteiger partial charge in [0, 0.05) is 17.5 Å². The van der Waals surface area contributed by atoms with E-state index in [4.69, 9.17) is 0 Å². The highest BCUT2D eigenvalue weighted by molar-refractivity contribution is 5.81. The minimum atomic E-state index is -0.231. The Morgan fingerprint density at radius 3 is 2.58 bits per heavy atom. The smallest absolute Gasteiger partial charge is 0.223 e. The highest BCUT2D eigenvalue weighted by atomic mass is 16.3. The van der Waals surface area contributed by atoms with Gasteiger partial charge in [0.25, 0.3) is 0 Å². The van der Waals surface area contributed by atoms with Crippen LogP contribution in [0.25, 0.3) is 10.9 Å². The second-order valence-electron chi connectivity index (χ2n) is 8.02. The molecule has 138 valence electrons. The van der Waals surface area contributed by atoms with E-state index in [-0.39, 0.29) is 24.0 Å². The summed E-state index contributed by atoms with van der Waals surface area (Å²) in [4.78, 5) is 17.5. The lowest BCUT2D eigenvalue weighted by Crippen LogP contribution is -2.43. The lowest BCUT2D eigenvalue weighted by Gasteiger charge is -2.38. The summed E-state index contributed by atoms with van der Waals surface area (Å²) in [6.07, 6.45) is 9.98. The predicted octanol–water partition coefficient (Wildman–Crippen LogP) is 4.13. The zero-order valence-electron chi connectivity index (χ0n) is 15.2. The number of hydrogen-bond acceptors (Lipinski definition) is 3. The average molecular weight is 352 g/mol. The Labute approximate surface area is 155 Å². The van der Waals surface area contributed by atoms with Gasteiger partial charge in [-0.1, -0.05) is 43.9 Å². The molecule has 0 unspecified atom stereocenters. The van der Waals surface area contributed by atoms with E-state index >= 15 is 0 Å². The van der Waals surface area contributed by atoms with Crippen LogP contribution in [0.1, 0.15) is 63.0 Å². The third kappa shape index (κ3) is 3.75. The fraction of sp³-hybridized carbons (Fsp3) is 0.545. The van der Waals surface area contributed by atoms with E-state index in [9.17, 15) is 9.90 Å². The van der Waals surface area contributed by atoms with Gasteiger partial charge in [-0.3, -0.25) is 9.78 Å². The van der Waals surface area contributed by atoms with E-state index < -0.39 is 0 Å². The average Bonchev–Trinajstić information content (AvgIpc) is 2.93. The summed E-state index contributed by atoms with van der Waals surface area (Å²) < 4.78 is 0. The van der Waals surface area contributed by atoms with Crippen molar-refractivity contribution in [2.75, 3.05) is 0 Å². The molecule has 1 amide bonds. The molecule has 0 aliphatic heterocycles. The van der Waals surface area contributed by atoms with Gasteiger partial charge in [-0.15, -0.1) is 0 Å². The number of rotatable bonds is 4. The minimum Gasteiger partial charge on any atom is -0.393 e. The van der Waals surface area contributed by atoms with Gasteiger partial charge in [0.15, 0.2) is 0 Å². The maximum absolute atomic E-state index is 12.9. The number of pyridine rings is 1. The quantitative estimate of drug-likeness (QED) is 0.813. The first kappa shape index (κ1) is 17.5. The molecular formula is C22H28N2O2. The molecule has 1 aromatic carbocycles. The molecular weight excluding hydrogens is 324 g/mol. The topological polar surface area (TPSA) is 62.2 Å². The molecule has 2 aliphatic carbocycles. The number of para-hydroxylation sites is 1. The zero-order valence-corrected chi connectivity index (χ0v) is 15.2. The molecule has 0 radical (unpaired) electrons. The largest absolute Gasteiger partial charge is 0.393 e. The summed E-state index contributed by atoms with van der Waals surface area (Å²) in [7, 11) is 0. The van der Waals surface area contributed by atoms with Crippen LogP contribution >= 0.6 is 0 Å². The van der Waals surface area contributed by atoms with E-state index in [0.29, 0.717) is 5.92 Å². The van der Waals surface area contributed by atoms with Gasteiger partial charge in [0.1, 0.15) is 0 Å². The molecule has 2 aromatic rings. The fourth-order valence-electron chi connectivity index (χ4n) is 4.45. The minimum absolute atomic E-state index is 0.0498. The summed E-state index contributed by atoms with van der Waals surface area (Å²) in [5.41, 5.74) is 2.03. The second-order valence-corrected chi connectivity index (χ2v) is 8.02. The maximum Gasteiger partial charge on any atom is 0.223 e. The third-order valence-electron chi connectivity index (χ3n) is 6.12. The Balaban J connectivity index is 1.56. The van der Waals surface area contributed by atoms with Crippen molar-refractivity contribution in [3.63, 3.8) is 0 Å². The summed E-state index contributed by atoms with van der Waals surface area (Å²) in [6, 6.07) is 10.2. The monoisotopic (exact) mass is 352 g/mol. The summed E-state index contributed by atoms with van der Waals surface area (Å²) in [5.74, 6) is 0.618. The zero-order chi connectivity index (χ0) is 17.9. The molecule has 0 bridgehead atoms. The molecule has 4 nitrogen and oxygen atoms in total. The molecule has 0 spiro atoms. The van der Waals surface area contributed by atoms with E-state index in [1.54, 1.807) is 0 Å². The highest BCUT2D eigenvalue weighted by Gasteiger charge is 2.36. The molecule has 0 saturated heterocycles. The van der Waals surface area contributed by atoms with Crippen LogP contribution in [0, 0.1) is 11.8 Å². The fourth-order valence-corrected chi connectivity index (χ4v) is 4.45. The van der Waals surface area contributed by atoms with Crippen LogP contribution in [0.3, 0.4) is 0 Å². The molecule has 2 aliphatic rings. The molecule has 1 atom stereocenters. The number of nitrogens with zero attached hydrogens (tertiary/aromatic N) is 1.